The van der Waals surface area contributed by atoms with Crippen LogP contribution in [0.15, 0.2) is 36.7 Å². The Labute approximate surface area is 89.4 Å². The van der Waals surface area contributed by atoms with Gasteiger partial charge in [-0.2, -0.15) is 0 Å². The molecule has 0 fully saturated rings. The van der Waals surface area contributed by atoms with Crippen molar-refractivity contribution in [3.8, 4) is 0 Å². The van der Waals surface area contributed by atoms with Crippen molar-refractivity contribution < 1.29 is 4.79 Å². The average Bonchev–Trinajstić information content (AvgIpc) is 2.30. The maximum atomic E-state index is 11.5. The molecule has 0 saturated carbocycles. The Morgan fingerprint density at radius 3 is 2.87 bits per heavy atom. The summed E-state index contributed by atoms with van der Waals surface area (Å²) in [6.45, 7) is 2.69. The van der Waals surface area contributed by atoms with Gasteiger partial charge in [0, 0.05) is 24.5 Å². The molecule has 4 nitrogen and oxygen atoms in total. The first-order valence-electron chi connectivity index (χ1n) is 4.89. The zero-order chi connectivity index (χ0) is 10.9. The Morgan fingerprint density at radius 1 is 1.47 bits per heavy atom. The summed E-state index contributed by atoms with van der Waals surface area (Å²) in [4.78, 5) is 15.3. The van der Waals surface area contributed by atoms with E-state index in [1.165, 1.54) is 0 Å². The van der Waals surface area contributed by atoms with Gasteiger partial charge in [0.25, 0.3) is 5.91 Å². The van der Waals surface area contributed by atoms with E-state index in [4.69, 9.17) is 0 Å². The van der Waals surface area contributed by atoms with Gasteiger partial charge in [-0.1, -0.05) is 12.2 Å². The molecule has 0 aromatic carbocycles. The third kappa shape index (κ3) is 4.37. The van der Waals surface area contributed by atoms with Crippen molar-refractivity contribution in [3.63, 3.8) is 0 Å². The quantitative estimate of drug-likeness (QED) is 0.432. The van der Waals surface area contributed by atoms with Gasteiger partial charge in [0.2, 0.25) is 0 Å². The number of nitrogens with one attached hydrogen (secondary N) is 2. The van der Waals surface area contributed by atoms with E-state index in [1.54, 1.807) is 24.5 Å². The van der Waals surface area contributed by atoms with Gasteiger partial charge < -0.3 is 0 Å². The number of amides is 1. The number of carbonyl (C=O) groups excluding carboxylic acids is 1. The van der Waals surface area contributed by atoms with Gasteiger partial charge in [0.05, 0.1) is 0 Å². The summed E-state index contributed by atoms with van der Waals surface area (Å²) in [5.41, 5.74) is 6.05. The van der Waals surface area contributed by atoms with E-state index in [1.807, 2.05) is 19.1 Å². The Balaban J connectivity index is 2.25. The number of rotatable bonds is 5. The summed E-state index contributed by atoms with van der Waals surface area (Å²) in [5, 5.41) is 0. The van der Waals surface area contributed by atoms with Gasteiger partial charge in [-0.05, 0) is 25.5 Å². The van der Waals surface area contributed by atoms with Gasteiger partial charge in [-0.15, -0.1) is 0 Å². The van der Waals surface area contributed by atoms with Gasteiger partial charge in [-0.25, -0.2) is 5.43 Å². The molecule has 0 spiro atoms. The van der Waals surface area contributed by atoms with Crippen LogP contribution in [0.4, 0.5) is 0 Å². The van der Waals surface area contributed by atoms with Gasteiger partial charge in [-0.3, -0.25) is 15.2 Å². The Kier molecular flexibility index (Phi) is 5.11. The predicted octanol–water partition coefficient (Wildman–Crippen LogP) is 1.28. The van der Waals surface area contributed by atoms with Crippen molar-refractivity contribution in [2.75, 3.05) is 6.54 Å². The van der Waals surface area contributed by atoms with Crippen LogP contribution in [0, 0.1) is 0 Å². The lowest BCUT2D eigenvalue weighted by molar-refractivity contribution is 0.0933. The number of allylic oxidation sites excluding steroid dienone is 1. The van der Waals surface area contributed by atoms with E-state index in [0.717, 1.165) is 13.0 Å². The maximum Gasteiger partial charge on any atom is 0.265 e. The molecule has 0 saturated heterocycles. The Bertz CT molecular complexity index is 322. The van der Waals surface area contributed by atoms with E-state index < -0.39 is 0 Å². The van der Waals surface area contributed by atoms with Crippen LogP contribution < -0.4 is 10.9 Å². The van der Waals surface area contributed by atoms with E-state index in [2.05, 4.69) is 15.8 Å². The minimum Gasteiger partial charge on any atom is -0.287 e. The molecule has 1 rings (SSSR count). The second-order valence-electron chi connectivity index (χ2n) is 2.97. The summed E-state index contributed by atoms with van der Waals surface area (Å²) in [7, 11) is 0. The number of hydrogen-bond donors (Lipinski definition) is 2. The van der Waals surface area contributed by atoms with Crippen LogP contribution in [0.2, 0.25) is 0 Å². The highest BCUT2D eigenvalue weighted by atomic mass is 16.2. The number of nitrogens with zero attached hydrogens (tertiary/aromatic N) is 1. The molecule has 1 heterocycles. The molecule has 2 N–H and O–H groups in total. The Hall–Kier alpha value is -1.68. The molecule has 0 radical (unpaired) electrons. The molecule has 0 aliphatic rings. The number of hydrazine groups is 1. The van der Waals surface area contributed by atoms with Crippen LogP contribution in [0.3, 0.4) is 0 Å². The molecule has 0 aliphatic carbocycles. The molecule has 4 heteroatoms. The molecule has 0 atom stereocenters. The van der Waals surface area contributed by atoms with E-state index in [0.29, 0.717) is 5.56 Å². The topological polar surface area (TPSA) is 54.0 Å². The van der Waals surface area contributed by atoms with E-state index >= 15 is 0 Å². The average molecular weight is 205 g/mol. The zero-order valence-electron chi connectivity index (χ0n) is 8.73. The molecular formula is C11H15N3O. The van der Waals surface area contributed by atoms with Crippen LogP contribution >= 0.6 is 0 Å². The minimum atomic E-state index is -0.141. The fraction of sp³-hybridized carbons (Fsp3) is 0.273. The summed E-state index contributed by atoms with van der Waals surface area (Å²) in [6, 6.07) is 3.34. The molecule has 1 amide bonds. The highest BCUT2D eigenvalue weighted by molar-refractivity contribution is 5.93. The molecule has 0 unspecified atom stereocenters. The zero-order valence-corrected chi connectivity index (χ0v) is 8.73. The molecule has 1 aromatic rings. The maximum absolute atomic E-state index is 11.5. The van der Waals surface area contributed by atoms with Gasteiger partial charge in [0.15, 0.2) is 0 Å². The smallest absolute Gasteiger partial charge is 0.265 e. The number of pyridine rings is 1. The number of aromatic nitrogens is 1. The van der Waals surface area contributed by atoms with Crippen molar-refractivity contribution in [3.05, 3.63) is 42.2 Å². The molecular weight excluding hydrogens is 190 g/mol. The molecule has 15 heavy (non-hydrogen) atoms. The summed E-state index contributed by atoms with van der Waals surface area (Å²) >= 11 is 0. The Morgan fingerprint density at radius 2 is 2.20 bits per heavy atom. The molecule has 80 valence electrons. The first-order valence-corrected chi connectivity index (χ1v) is 4.89. The number of hydrogen-bond acceptors (Lipinski definition) is 3. The highest BCUT2D eigenvalue weighted by Gasteiger charge is 2.01. The van der Waals surface area contributed by atoms with Crippen LogP contribution in [0.25, 0.3) is 0 Å². The molecule has 1 aromatic heterocycles. The third-order valence-corrected chi connectivity index (χ3v) is 1.82. The summed E-state index contributed by atoms with van der Waals surface area (Å²) in [6.07, 6.45) is 8.09. The van der Waals surface area contributed by atoms with Crippen molar-refractivity contribution in [1.82, 2.24) is 15.8 Å². The highest BCUT2D eigenvalue weighted by Crippen LogP contribution is 1.94. The van der Waals surface area contributed by atoms with Gasteiger partial charge >= 0.3 is 0 Å². The van der Waals surface area contributed by atoms with Crippen LogP contribution in [0.1, 0.15) is 23.7 Å². The SMILES string of the molecule is C/C=C/CCNNC(=O)c1ccncc1. The first-order chi connectivity index (χ1) is 7.34. The fourth-order valence-corrected chi connectivity index (χ4v) is 1.04. The molecule has 0 bridgehead atoms. The van der Waals surface area contributed by atoms with Crippen molar-refractivity contribution in [1.29, 1.82) is 0 Å². The van der Waals surface area contributed by atoms with Crippen LogP contribution in [-0.2, 0) is 0 Å². The minimum absolute atomic E-state index is 0.141. The lowest BCUT2D eigenvalue weighted by Crippen LogP contribution is -2.37. The monoisotopic (exact) mass is 205 g/mol. The first kappa shape index (κ1) is 11.4. The lowest BCUT2D eigenvalue weighted by atomic mass is 10.3. The number of carbonyl (C=O) groups is 1. The largest absolute Gasteiger partial charge is 0.287 e. The second-order valence-corrected chi connectivity index (χ2v) is 2.97. The molecule has 0 aliphatic heterocycles. The lowest BCUT2D eigenvalue weighted by Gasteiger charge is -2.05. The van der Waals surface area contributed by atoms with Crippen molar-refractivity contribution in [2.45, 2.75) is 13.3 Å². The van der Waals surface area contributed by atoms with E-state index in [9.17, 15) is 4.79 Å². The third-order valence-electron chi connectivity index (χ3n) is 1.82. The van der Waals surface area contributed by atoms with E-state index in [-0.39, 0.29) is 5.91 Å². The van der Waals surface area contributed by atoms with Crippen LogP contribution in [0.5, 0.6) is 0 Å². The normalized spacial score (nSPS) is 10.5. The summed E-state index contributed by atoms with van der Waals surface area (Å²) in [5.74, 6) is -0.141. The van der Waals surface area contributed by atoms with Crippen molar-refractivity contribution >= 4 is 5.91 Å². The fourth-order valence-electron chi connectivity index (χ4n) is 1.04. The standard InChI is InChI=1S/C11H15N3O/c1-2-3-4-7-13-14-11(15)10-5-8-12-9-6-10/h2-3,5-6,8-9,13H,4,7H2,1H3,(H,14,15)/b3-2+. The van der Waals surface area contributed by atoms with Gasteiger partial charge in [0.1, 0.15) is 0 Å². The van der Waals surface area contributed by atoms with Crippen molar-refractivity contribution in [2.24, 2.45) is 0 Å². The summed E-state index contributed by atoms with van der Waals surface area (Å²) < 4.78 is 0. The van der Waals surface area contributed by atoms with Crippen LogP contribution in [-0.4, -0.2) is 17.4 Å². The second kappa shape index (κ2) is 6.73. The predicted molar refractivity (Wildman–Crippen MR) is 59.1 cm³/mol.